The van der Waals surface area contributed by atoms with E-state index in [0.29, 0.717) is 5.15 Å². The number of ketones is 1. The van der Waals surface area contributed by atoms with Crippen LogP contribution in [0.2, 0.25) is 5.15 Å². The predicted molar refractivity (Wildman–Crippen MR) is 134 cm³/mol. The van der Waals surface area contributed by atoms with E-state index in [2.05, 4.69) is 30.5 Å². The molecule has 3 nitrogen and oxygen atoms in total. The van der Waals surface area contributed by atoms with E-state index in [1.165, 1.54) is 31.0 Å². The second-order valence-corrected chi connectivity index (χ2v) is 7.89. The van der Waals surface area contributed by atoms with Gasteiger partial charge in [-0.15, -0.1) is 0 Å². The van der Waals surface area contributed by atoms with Crippen LogP contribution in [0, 0.1) is 19.8 Å². The van der Waals surface area contributed by atoms with Gasteiger partial charge in [-0.1, -0.05) is 71.7 Å². The SMILES string of the molecule is CC.CC(C)=O.CC(C)C.CCCc1cccc(OC(F)F)c1.Cc1cnc(Cl)cc1C. The first-order chi connectivity index (χ1) is 14.9. The minimum atomic E-state index is -2.74. The van der Waals surface area contributed by atoms with E-state index in [1.807, 2.05) is 46.8 Å². The summed E-state index contributed by atoms with van der Waals surface area (Å²) >= 11 is 5.61. The Balaban J connectivity index is -0.000000384. The lowest BCUT2D eigenvalue weighted by atomic mass is 10.1. The largest absolute Gasteiger partial charge is 0.435 e. The van der Waals surface area contributed by atoms with Crippen molar-refractivity contribution in [3.8, 4) is 5.75 Å². The number of Topliss-reactive ketones (excluding diaryl/α,β-unsaturated/α-hetero) is 1. The highest BCUT2D eigenvalue weighted by atomic mass is 35.5. The molecule has 0 amide bonds. The van der Waals surface area contributed by atoms with Crippen molar-refractivity contribution in [2.24, 2.45) is 5.92 Å². The van der Waals surface area contributed by atoms with Gasteiger partial charge in [0.2, 0.25) is 0 Å². The van der Waals surface area contributed by atoms with Crippen LogP contribution < -0.4 is 4.74 Å². The molecule has 0 bridgehead atoms. The number of alkyl halides is 2. The van der Waals surface area contributed by atoms with Crippen molar-refractivity contribution in [3.63, 3.8) is 0 Å². The van der Waals surface area contributed by atoms with Crippen LogP contribution in [0.5, 0.6) is 5.75 Å². The van der Waals surface area contributed by atoms with Gasteiger partial charge in [0.05, 0.1) is 0 Å². The van der Waals surface area contributed by atoms with Crippen molar-refractivity contribution in [1.29, 1.82) is 0 Å². The Morgan fingerprint density at radius 2 is 1.56 bits per heavy atom. The van der Waals surface area contributed by atoms with Gasteiger partial charge in [0, 0.05) is 6.20 Å². The molecule has 32 heavy (non-hydrogen) atoms. The van der Waals surface area contributed by atoms with Gasteiger partial charge in [-0.3, -0.25) is 0 Å². The van der Waals surface area contributed by atoms with Gasteiger partial charge >= 0.3 is 6.61 Å². The second kappa shape index (κ2) is 22.2. The number of aryl methyl sites for hydroxylation is 3. The Bertz CT molecular complexity index is 716. The maximum absolute atomic E-state index is 11.8. The minimum absolute atomic E-state index is 0.167. The molecule has 1 heterocycles. The van der Waals surface area contributed by atoms with Gasteiger partial charge in [0.25, 0.3) is 0 Å². The maximum Gasteiger partial charge on any atom is 0.387 e. The molecule has 1 aromatic carbocycles. The molecule has 0 aliphatic carbocycles. The van der Waals surface area contributed by atoms with Crippen LogP contribution in [0.3, 0.4) is 0 Å². The van der Waals surface area contributed by atoms with Crippen LogP contribution in [0.25, 0.3) is 0 Å². The molecule has 0 radical (unpaired) electrons. The molecular weight excluding hydrogens is 432 g/mol. The van der Waals surface area contributed by atoms with E-state index in [0.717, 1.165) is 24.3 Å². The van der Waals surface area contributed by atoms with Crippen LogP contribution in [0.4, 0.5) is 8.78 Å². The molecule has 184 valence electrons. The third kappa shape index (κ3) is 26.0. The number of rotatable bonds is 4. The smallest absolute Gasteiger partial charge is 0.387 e. The molecule has 0 aliphatic rings. The van der Waals surface area contributed by atoms with Crippen LogP contribution in [-0.4, -0.2) is 17.4 Å². The first kappa shape index (κ1) is 34.6. The first-order valence-corrected chi connectivity index (χ1v) is 11.4. The molecule has 0 unspecified atom stereocenters. The molecule has 0 N–H and O–H groups in total. The highest BCUT2D eigenvalue weighted by Gasteiger charge is 2.03. The summed E-state index contributed by atoms with van der Waals surface area (Å²) in [5, 5.41) is 0.568. The van der Waals surface area contributed by atoms with E-state index in [9.17, 15) is 13.6 Å². The van der Waals surface area contributed by atoms with Gasteiger partial charge in [-0.05, 0) is 74.9 Å². The van der Waals surface area contributed by atoms with Crippen LogP contribution >= 0.6 is 11.6 Å². The monoisotopic (exact) mass is 473 g/mol. The number of ether oxygens (including phenoxy) is 1. The Labute approximate surface area is 199 Å². The fraction of sp³-hybridized carbons (Fsp3) is 0.538. The zero-order chi connectivity index (χ0) is 25.7. The number of halogens is 3. The van der Waals surface area contributed by atoms with Crippen LogP contribution in [0.1, 0.15) is 78.5 Å². The van der Waals surface area contributed by atoms with E-state index >= 15 is 0 Å². The second-order valence-electron chi connectivity index (χ2n) is 7.51. The molecule has 6 heteroatoms. The minimum Gasteiger partial charge on any atom is -0.435 e. The van der Waals surface area contributed by atoms with Crippen molar-refractivity contribution in [1.82, 2.24) is 4.98 Å². The third-order valence-electron chi connectivity index (χ3n) is 3.00. The van der Waals surface area contributed by atoms with Gasteiger partial charge in [-0.25, -0.2) is 4.98 Å². The third-order valence-corrected chi connectivity index (χ3v) is 3.21. The highest BCUT2D eigenvalue weighted by molar-refractivity contribution is 6.29. The zero-order valence-electron chi connectivity index (χ0n) is 21.4. The molecule has 0 saturated carbocycles. The molecule has 0 atom stereocenters. The normalized spacial score (nSPS) is 9.09. The van der Waals surface area contributed by atoms with Crippen LogP contribution in [0.15, 0.2) is 36.5 Å². The summed E-state index contributed by atoms with van der Waals surface area (Å²) in [6.07, 6.45) is 3.66. The number of hydrogen-bond acceptors (Lipinski definition) is 3. The number of aromatic nitrogens is 1. The average molecular weight is 474 g/mol. The quantitative estimate of drug-likeness (QED) is 0.416. The van der Waals surface area contributed by atoms with Gasteiger partial charge < -0.3 is 9.53 Å². The Kier molecular flexibility index (Phi) is 24.0. The Morgan fingerprint density at radius 1 is 1.06 bits per heavy atom. The van der Waals surface area contributed by atoms with Gasteiger partial charge in [0.1, 0.15) is 16.7 Å². The molecule has 0 aliphatic heterocycles. The zero-order valence-corrected chi connectivity index (χ0v) is 22.2. The summed E-state index contributed by atoms with van der Waals surface area (Å²) in [5.74, 6) is 1.24. The predicted octanol–water partition coefficient (Wildman–Crippen LogP) is 8.88. The Morgan fingerprint density at radius 3 is 1.94 bits per heavy atom. The fourth-order valence-corrected chi connectivity index (χ4v) is 1.97. The summed E-state index contributed by atoms with van der Waals surface area (Å²) in [7, 11) is 0. The summed E-state index contributed by atoms with van der Waals surface area (Å²) < 4.78 is 27.9. The van der Waals surface area contributed by atoms with E-state index < -0.39 is 6.61 Å². The van der Waals surface area contributed by atoms with Crippen molar-refractivity contribution < 1.29 is 18.3 Å². The number of carbonyl (C=O) groups is 1. The molecule has 0 spiro atoms. The number of benzene rings is 1. The average Bonchev–Trinajstić information content (AvgIpc) is 2.66. The number of hydrogen-bond donors (Lipinski definition) is 0. The lowest BCUT2D eigenvalue weighted by molar-refractivity contribution is -0.115. The molecule has 0 fully saturated rings. The highest BCUT2D eigenvalue weighted by Crippen LogP contribution is 2.16. The van der Waals surface area contributed by atoms with Crippen LogP contribution in [-0.2, 0) is 11.2 Å². The lowest BCUT2D eigenvalue weighted by Crippen LogP contribution is -2.01. The molecule has 2 aromatic rings. The van der Waals surface area contributed by atoms with Crippen molar-refractivity contribution in [2.45, 2.75) is 88.7 Å². The maximum atomic E-state index is 11.8. The molecule has 1 aromatic heterocycles. The molecular formula is C26H42ClF2NO2. The number of carbonyl (C=O) groups excluding carboxylic acids is 1. The molecule has 2 rings (SSSR count). The van der Waals surface area contributed by atoms with E-state index in [1.54, 1.807) is 18.3 Å². The summed E-state index contributed by atoms with van der Waals surface area (Å²) in [6.45, 7) is 16.9. The first-order valence-electron chi connectivity index (χ1n) is 11.0. The lowest BCUT2D eigenvalue weighted by Gasteiger charge is -2.05. The van der Waals surface area contributed by atoms with E-state index in [4.69, 9.17) is 11.6 Å². The topological polar surface area (TPSA) is 39.2 Å². The van der Waals surface area contributed by atoms with Crippen molar-refractivity contribution >= 4 is 17.4 Å². The Hall–Kier alpha value is -2.01. The molecule has 0 saturated heterocycles. The standard InChI is InChI=1S/C10H12F2O.C7H8ClN.C4H10.C3H6O.C2H6/c1-2-4-8-5-3-6-9(7-8)13-10(11)12;1-5-3-7(8)9-4-6(5)2;1-4(2)3;1-3(2)4;1-2/h3,5-7,10H,2,4H2,1H3;3-4H,1-2H3;4H,1-3H3;1-2H3;1-2H3. The summed E-state index contributed by atoms with van der Waals surface area (Å²) in [4.78, 5) is 13.3. The van der Waals surface area contributed by atoms with Gasteiger partial charge in [-0.2, -0.15) is 8.78 Å². The summed E-state index contributed by atoms with van der Waals surface area (Å²) in [5.41, 5.74) is 3.40. The number of nitrogens with zero attached hydrogens (tertiary/aromatic N) is 1. The fourth-order valence-electron chi connectivity index (χ4n) is 1.76. The van der Waals surface area contributed by atoms with Crippen molar-refractivity contribution in [3.05, 3.63) is 58.4 Å². The summed E-state index contributed by atoms with van der Waals surface area (Å²) in [6, 6.07) is 8.67. The number of pyridine rings is 1. The van der Waals surface area contributed by atoms with E-state index in [-0.39, 0.29) is 11.5 Å². The van der Waals surface area contributed by atoms with Crippen molar-refractivity contribution in [2.75, 3.05) is 0 Å². The van der Waals surface area contributed by atoms with Gasteiger partial charge in [0.15, 0.2) is 0 Å².